The minimum absolute atomic E-state index is 0.0714. The lowest BCUT2D eigenvalue weighted by atomic mass is 10.0. The predicted molar refractivity (Wildman–Crippen MR) is 88.1 cm³/mol. The van der Waals surface area contributed by atoms with Gasteiger partial charge in [-0.15, -0.1) is 10.2 Å². The number of H-pyrrole nitrogens is 1. The first-order valence-electron chi connectivity index (χ1n) is 7.33. The Kier molecular flexibility index (Phi) is 3.35. The Bertz CT molecular complexity index is 1090. The van der Waals surface area contributed by atoms with Crippen LogP contribution in [0.1, 0.15) is 15.9 Å². The lowest BCUT2D eigenvalue weighted by molar-refractivity contribution is 0.104. The summed E-state index contributed by atoms with van der Waals surface area (Å²) >= 11 is 0. The Labute approximate surface area is 140 Å². The number of aromatic nitrogens is 5. The van der Waals surface area contributed by atoms with Crippen molar-refractivity contribution in [2.24, 2.45) is 0 Å². The summed E-state index contributed by atoms with van der Waals surface area (Å²) in [6.07, 6.45) is 3.02. The summed E-state index contributed by atoms with van der Waals surface area (Å²) in [5, 5.41) is 31.4. The average Bonchev–Trinajstić information content (AvgIpc) is 3.06. The highest BCUT2D eigenvalue weighted by atomic mass is 16.3. The number of aromatic hydroxyl groups is 2. The van der Waals surface area contributed by atoms with Crippen LogP contribution in [0.15, 0.2) is 48.8 Å². The second-order valence-electron chi connectivity index (χ2n) is 5.31. The zero-order chi connectivity index (χ0) is 17.4. The van der Waals surface area contributed by atoms with Crippen molar-refractivity contribution in [3.05, 3.63) is 59.9 Å². The van der Waals surface area contributed by atoms with Crippen LogP contribution < -0.4 is 0 Å². The molecule has 0 atom stereocenters. The van der Waals surface area contributed by atoms with Gasteiger partial charge in [0, 0.05) is 18.0 Å². The lowest BCUT2D eigenvalue weighted by Gasteiger charge is -2.05. The van der Waals surface area contributed by atoms with E-state index in [2.05, 4.69) is 25.4 Å². The van der Waals surface area contributed by atoms with Gasteiger partial charge in [-0.1, -0.05) is 0 Å². The van der Waals surface area contributed by atoms with Crippen LogP contribution >= 0.6 is 0 Å². The minimum atomic E-state index is -0.280. The first kappa shape index (κ1) is 14.8. The fourth-order valence-electron chi connectivity index (χ4n) is 2.59. The normalized spacial score (nSPS) is 10.9. The maximum Gasteiger partial charge on any atom is 0.195 e. The van der Waals surface area contributed by atoms with Crippen LogP contribution in [-0.2, 0) is 0 Å². The molecule has 0 saturated heterocycles. The van der Waals surface area contributed by atoms with E-state index in [1.54, 1.807) is 6.07 Å². The van der Waals surface area contributed by atoms with Crippen molar-refractivity contribution in [2.45, 2.75) is 0 Å². The first-order valence-corrected chi connectivity index (χ1v) is 7.33. The molecule has 3 aromatic heterocycles. The third-order valence-electron chi connectivity index (χ3n) is 3.77. The molecule has 4 rings (SSSR count). The molecule has 3 heterocycles. The summed E-state index contributed by atoms with van der Waals surface area (Å²) < 4.78 is 0. The summed E-state index contributed by atoms with van der Waals surface area (Å²) in [7, 11) is 0. The molecule has 0 unspecified atom stereocenters. The van der Waals surface area contributed by atoms with Gasteiger partial charge in [0.05, 0.1) is 10.9 Å². The number of nitrogens with one attached hydrogen (secondary N) is 1. The van der Waals surface area contributed by atoms with Gasteiger partial charge in [-0.25, -0.2) is 0 Å². The van der Waals surface area contributed by atoms with Crippen molar-refractivity contribution >= 4 is 16.8 Å². The third-order valence-corrected chi connectivity index (χ3v) is 3.77. The number of nitrogens with zero attached hydrogens (tertiary/aromatic N) is 4. The van der Waals surface area contributed by atoms with Crippen molar-refractivity contribution in [1.29, 1.82) is 0 Å². The van der Waals surface area contributed by atoms with Crippen molar-refractivity contribution in [3.8, 4) is 22.9 Å². The first-order chi connectivity index (χ1) is 12.1. The standard InChI is InChI=1S/C17H11N5O3/c23-10-5-3-9(4-6-10)16(25)11-8-19-17-13(11)15(20-22-21-17)14-12(24)2-1-7-18-14/h1-8,23-24H,(H,19,20,21). The largest absolute Gasteiger partial charge is 0.508 e. The molecule has 0 amide bonds. The molecule has 0 spiro atoms. The Morgan fingerprint density at radius 2 is 1.80 bits per heavy atom. The second kappa shape index (κ2) is 5.68. The highest BCUT2D eigenvalue weighted by molar-refractivity contribution is 6.18. The van der Waals surface area contributed by atoms with Crippen molar-refractivity contribution in [3.63, 3.8) is 0 Å². The molecule has 0 aliphatic rings. The highest BCUT2D eigenvalue weighted by Crippen LogP contribution is 2.32. The summed E-state index contributed by atoms with van der Waals surface area (Å²) in [6.45, 7) is 0. The zero-order valence-corrected chi connectivity index (χ0v) is 12.7. The van der Waals surface area contributed by atoms with Gasteiger partial charge >= 0.3 is 0 Å². The number of phenols is 1. The van der Waals surface area contributed by atoms with E-state index in [0.717, 1.165) is 0 Å². The Balaban J connectivity index is 1.93. The van der Waals surface area contributed by atoms with E-state index < -0.39 is 0 Å². The van der Waals surface area contributed by atoms with E-state index in [-0.39, 0.29) is 28.7 Å². The van der Waals surface area contributed by atoms with Crippen LogP contribution in [0.4, 0.5) is 0 Å². The number of rotatable bonds is 3. The molecule has 1 aromatic carbocycles. The number of hydrogen-bond donors (Lipinski definition) is 3. The van der Waals surface area contributed by atoms with Gasteiger partial charge in [-0.3, -0.25) is 9.78 Å². The molecule has 0 aliphatic carbocycles. The summed E-state index contributed by atoms with van der Waals surface area (Å²) in [5.41, 5.74) is 1.54. The average molecular weight is 333 g/mol. The van der Waals surface area contributed by atoms with E-state index in [4.69, 9.17) is 0 Å². The van der Waals surface area contributed by atoms with E-state index >= 15 is 0 Å². The Morgan fingerprint density at radius 3 is 2.56 bits per heavy atom. The number of carbonyl (C=O) groups excluding carboxylic acids is 1. The maximum absolute atomic E-state index is 12.8. The van der Waals surface area contributed by atoms with E-state index in [1.807, 2.05) is 0 Å². The molecule has 4 aromatic rings. The number of hydrogen-bond acceptors (Lipinski definition) is 7. The van der Waals surface area contributed by atoms with Gasteiger partial charge in [0.15, 0.2) is 11.4 Å². The van der Waals surface area contributed by atoms with Gasteiger partial charge in [0.25, 0.3) is 0 Å². The molecule has 0 bridgehead atoms. The molecule has 0 aliphatic heterocycles. The second-order valence-corrected chi connectivity index (χ2v) is 5.31. The summed E-state index contributed by atoms with van der Waals surface area (Å²) in [5.74, 6) is -0.284. The smallest absolute Gasteiger partial charge is 0.195 e. The van der Waals surface area contributed by atoms with Crippen molar-refractivity contribution in [1.82, 2.24) is 25.4 Å². The SMILES string of the molecule is O=C(c1ccc(O)cc1)c1c[nH]c2nnnc(-c3ncccc3O)c12. The lowest BCUT2D eigenvalue weighted by Crippen LogP contribution is -2.02. The maximum atomic E-state index is 12.8. The monoisotopic (exact) mass is 333 g/mol. The molecule has 122 valence electrons. The number of benzene rings is 1. The fourth-order valence-corrected chi connectivity index (χ4v) is 2.59. The van der Waals surface area contributed by atoms with Gasteiger partial charge in [0.2, 0.25) is 0 Å². The number of pyridine rings is 1. The Morgan fingerprint density at radius 1 is 1.00 bits per heavy atom. The van der Waals surface area contributed by atoms with Gasteiger partial charge in [-0.05, 0) is 41.6 Å². The number of fused-ring (bicyclic) bond motifs is 1. The number of phenolic OH excluding ortho intramolecular Hbond substituents is 1. The molecular formula is C17H11N5O3. The van der Waals surface area contributed by atoms with Gasteiger partial charge in [-0.2, -0.15) is 0 Å². The molecule has 0 fully saturated rings. The van der Waals surface area contributed by atoms with E-state index in [9.17, 15) is 15.0 Å². The van der Waals surface area contributed by atoms with Crippen LogP contribution in [0.5, 0.6) is 11.5 Å². The van der Waals surface area contributed by atoms with Crippen LogP contribution in [0, 0.1) is 0 Å². The predicted octanol–water partition coefficient (Wildman–Crippen LogP) is 2.06. The third kappa shape index (κ3) is 2.45. The van der Waals surface area contributed by atoms with Crippen LogP contribution in [0.2, 0.25) is 0 Å². The van der Waals surface area contributed by atoms with E-state index in [1.165, 1.54) is 42.7 Å². The van der Waals surface area contributed by atoms with Crippen LogP contribution in [-0.4, -0.2) is 41.4 Å². The molecule has 8 heteroatoms. The fraction of sp³-hybridized carbons (Fsp3) is 0. The summed E-state index contributed by atoms with van der Waals surface area (Å²) in [4.78, 5) is 19.9. The van der Waals surface area contributed by atoms with E-state index in [0.29, 0.717) is 22.2 Å². The molecule has 0 saturated carbocycles. The van der Waals surface area contributed by atoms with Crippen LogP contribution in [0.25, 0.3) is 22.4 Å². The summed E-state index contributed by atoms with van der Waals surface area (Å²) in [6, 6.07) is 8.98. The highest BCUT2D eigenvalue weighted by Gasteiger charge is 2.21. The molecule has 25 heavy (non-hydrogen) atoms. The number of carbonyl (C=O) groups is 1. The molecule has 0 radical (unpaired) electrons. The van der Waals surface area contributed by atoms with Gasteiger partial charge in [0.1, 0.15) is 22.9 Å². The Hall–Kier alpha value is -3.81. The van der Waals surface area contributed by atoms with Crippen molar-refractivity contribution in [2.75, 3.05) is 0 Å². The molecular weight excluding hydrogens is 322 g/mol. The minimum Gasteiger partial charge on any atom is -0.508 e. The quantitative estimate of drug-likeness (QED) is 0.490. The number of ketones is 1. The topological polar surface area (TPSA) is 125 Å². The van der Waals surface area contributed by atoms with Gasteiger partial charge < -0.3 is 15.2 Å². The zero-order valence-electron chi connectivity index (χ0n) is 12.7. The van der Waals surface area contributed by atoms with Crippen LogP contribution in [0.3, 0.4) is 0 Å². The molecule has 8 nitrogen and oxygen atoms in total. The number of aromatic amines is 1. The molecule has 3 N–H and O–H groups in total. The van der Waals surface area contributed by atoms with Crippen molar-refractivity contribution < 1.29 is 15.0 Å².